The second kappa shape index (κ2) is 5.39. The summed E-state index contributed by atoms with van der Waals surface area (Å²) >= 11 is 0. The Kier molecular flexibility index (Phi) is 3.66. The first-order valence-corrected chi connectivity index (χ1v) is 5.61. The van der Waals surface area contributed by atoms with E-state index in [1.807, 2.05) is 12.1 Å². The van der Waals surface area contributed by atoms with Crippen molar-refractivity contribution < 1.29 is 19.1 Å². The van der Waals surface area contributed by atoms with Gasteiger partial charge < -0.3 is 14.0 Å². The summed E-state index contributed by atoms with van der Waals surface area (Å²) < 4.78 is 11.1. The number of methoxy groups -OCH3 is 2. The predicted octanol–water partition coefficient (Wildman–Crippen LogP) is 2.05. The molecular formula is C14H13NO4. The molecule has 5 nitrogen and oxygen atoms in total. The highest BCUT2D eigenvalue weighted by molar-refractivity contribution is 5.97. The van der Waals surface area contributed by atoms with Gasteiger partial charge in [-0.3, -0.25) is 0 Å². The summed E-state index contributed by atoms with van der Waals surface area (Å²) in [4.78, 5) is 23.3. The number of aromatic nitrogens is 1. The Morgan fingerprint density at radius 3 is 2.21 bits per heavy atom. The van der Waals surface area contributed by atoms with Gasteiger partial charge in [-0.05, 0) is 30.3 Å². The zero-order valence-electron chi connectivity index (χ0n) is 10.6. The molecule has 1 aromatic carbocycles. The van der Waals surface area contributed by atoms with Crippen LogP contribution in [0.15, 0.2) is 42.7 Å². The van der Waals surface area contributed by atoms with E-state index in [0.29, 0.717) is 16.8 Å². The average Bonchev–Trinajstić information content (AvgIpc) is 2.99. The molecule has 0 spiro atoms. The summed E-state index contributed by atoms with van der Waals surface area (Å²) in [5.74, 6) is -0.912. The van der Waals surface area contributed by atoms with Crippen molar-refractivity contribution in [2.24, 2.45) is 0 Å². The van der Waals surface area contributed by atoms with Crippen LogP contribution in [0.5, 0.6) is 0 Å². The average molecular weight is 259 g/mol. The summed E-state index contributed by atoms with van der Waals surface area (Å²) in [6, 6.07) is 8.33. The molecule has 1 aromatic heterocycles. The minimum atomic E-state index is -0.458. The van der Waals surface area contributed by atoms with Gasteiger partial charge in [0.2, 0.25) is 0 Å². The summed E-state index contributed by atoms with van der Waals surface area (Å²) in [5.41, 5.74) is 1.32. The van der Waals surface area contributed by atoms with E-state index < -0.39 is 11.9 Å². The molecule has 0 saturated carbocycles. The van der Waals surface area contributed by atoms with Crippen LogP contribution in [0.3, 0.4) is 0 Å². The molecule has 0 amide bonds. The lowest BCUT2D eigenvalue weighted by molar-refractivity contribution is 0.0586. The maximum Gasteiger partial charge on any atom is 0.339 e. The second-order valence-corrected chi connectivity index (χ2v) is 3.81. The summed E-state index contributed by atoms with van der Waals surface area (Å²) in [5, 5.41) is 0. The lowest BCUT2D eigenvalue weighted by Crippen LogP contribution is -2.10. The maximum atomic E-state index is 11.7. The van der Waals surface area contributed by atoms with Gasteiger partial charge in [-0.2, -0.15) is 0 Å². The molecule has 0 unspecified atom stereocenters. The Labute approximate surface area is 110 Å². The molecule has 0 bridgehead atoms. The van der Waals surface area contributed by atoms with Crippen LogP contribution in [0, 0.1) is 0 Å². The number of benzene rings is 1. The molecule has 98 valence electrons. The molecule has 0 aliphatic rings. The van der Waals surface area contributed by atoms with Crippen LogP contribution in [0.2, 0.25) is 0 Å². The first-order chi connectivity index (χ1) is 9.17. The van der Waals surface area contributed by atoms with E-state index in [4.69, 9.17) is 4.74 Å². The molecule has 0 atom stereocenters. The lowest BCUT2D eigenvalue weighted by Gasteiger charge is -2.10. The molecule has 0 radical (unpaired) electrons. The monoisotopic (exact) mass is 259 g/mol. The van der Waals surface area contributed by atoms with Gasteiger partial charge in [0.05, 0.1) is 31.0 Å². The molecule has 1 heterocycles. The molecule has 2 rings (SSSR count). The van der Waals surface area contributed by atoms with Crippen molar-refractivity contribution in [2.45, 2.75) is 0 Å². The molecule has 0 fully saturated rings. The Hall–Kier alpha value is -2.56. The molecule has 0 aliphatic heterocycles. The van der Waals surface area contributed by atoms with Crippen LogP contribution in [0.4, 0.5) is 0 Å². The van der Waals surface area contributed by atoms with Crippen LogP contribution >= 0.6 is 0 Å². The summed E-state index contributed by atoms with van der Waals surface area (Å²) in [6.45, 7) is 0. The van der Waals surface area contributed by atoms with Crippen molar-refractivity contribution in [3.63, 3.8) is 0 Å². The minimum absolute atomic E-state index is 0.374. The van der Waals surface area contributed by atoms with Gasteiger partial charge in [0.25, 0.3) is 0 Å². The van der Waals surface area contributed by atoms with Crippen molar-refractivity contribution >= 4 is 11.9 Å². The summed E-state index contributed by atoms with van der Waals surface area (Å²) in [6.07, 6.45) is 3.56. The Morgan fingerprint density at radius 2 is 1.63 bits per heavy atom. The molecule has 5 heteroatoms. The third-order valence-electron chi connectivity index (χ3n) is 2.71. The van der Waals surface area contributed by atoms with Gasteiger partial charge >= 0.3 is 11.9 Å². The lowest BCUT2D eigenvalue weighted by atomic mass is 10.1. The van der Waals surface area contributed by atoms with Gasteiger partial charge in [-0.15, -0.1) is 0 Å². The van der Waals surface area contributed by atoms with Gasteiger partial charge in [0.1, 0.15) is 0 Å². The van der Waals surface area contributed by atoms with Gasteiger partial charge in [0, 0.05) is 12.4 Å². The molecule has 0 N–H and O–H groups in total. The molecule has 0 saturated heterocycles. The van der Waals surface area contributed by atoms with Crippen LogP contribution in [0.1, 0.15) is 20.7 Å². The zero-order chi connectivity index (χ0) is 13.8. The molecule has 19 heavy (non-hydrogen) atoms. The Balaban J connectivity index is 2.57. The number of carbonyl (C=O) groups is 2. The first-order valence-electron chi connectivity index (χ1n) is 5.61. The quantitative estimate of drug-likeness (QED) is 0.791. The highest BCUT2D eigenvalue weighted by atomic mass is 16.5. The maximum absolute atomic E-state index is 11.7. The molecule has 0 aliphatic carbocycles. The van der Waals surface area contributed by atoms with Gasteiger partial charge in [-0.1, -0.05) is 0 Å². The van der Waals surface area contributed by atoms with Crippen molar-refractivity contribution in [2.75, 3.05) is 14.2 Å². The standard InChI is InChI=1S/C14H13NO4/c1-18-13(16)10-5-6-11(14(17)19-2)12(9-10)15-7-3-4-8-15/h3-9H,1-2H3. The van der Waals surface area contributed by atoms with Crippen molar-refractivity contribution in [1.82, 2.24) is 4.57 Å². The first kappa shape index (κ1) is 12.9. The van der Waals surface area contributed by atoms with E-state index in [1.54, 1.807) is 29.1 Å². The predicted molar refractivity (Wildman–Crippen MR) is 68.4 cm³/mol. The van der Waals surface area contributed by atoms with E-state index in [9.17, 15) is 9.59 Å². The number of carbonyl (C=O) groups excluding carboxylic acids is 2. The van der Waals surface area contributed by atoms with Gasteiger partial charge in [0.15, 0.2) is 0 Å². The number of ether oxygens (including phenoxy) is 2. The third kappa shape index (κ3) is 2.49. The molecule has 2 aromatic rings. The minimum Gasteiger partial charge on any atom is -0.465 e. The smallest absolute Gasteiger partial charge is 0.339 e. The third-order valence-corrected chi connectivity index (χ3v) is 2.71. The normalized spacial score (nSPS) is 10.0. The van der Waals surface area contributed by atoms with E-state index in [0.717, 1.165) is 0 Å². The molecular weight excluding hydrogens is 246 g/mol. The fraction of sp³-hybridized carbons (Fsp3) is 0.143. The Bertz CT molecular complexity index is 602. The fourth-order valence-electron chi connectivity index (χ4n) is 1.77. The fourth-order valence-corrected chi connectivity index (χ4v) is 1.77. The van der Waals surface area contributed by atoms with E-state index >= 15 is 0 Å². The largest absolute Gasteiger partial charge is 0.465 e. The van der Waals surface area contributed by atoms with Crippen LogP contribution in [-0.4, -0.2) is 30.7 Å². The number of hydrogen-bond donors (Lipinski definition) is 0. The van der Waals surface area contributed by atoms with Crippen molar-refractivity contribution in [3.8, 4) is 5.69 Å². The second-order valence-electron chi connectivity index (χ2n) is 3.81. The zero-order valence-corrected chi connectivity index (χ0v) is 10.6. The van der Waals surface area contributed by atoms with E-state index in [1.165, 1.54) is 20.3 Å². The highest BCUT2D eigenvalue weighted by Gasteiger charge is 2.16. The van der Waals surface area contributed by atoms with Gasteiger partial charge in [-0.25, -0.2) is 9.59 Å². The summed E-state index contributed by atoms with van der Waals surface area (Å²) in [7, 11) is 2.63. The Morgan fingerprint density at radius 1 is 1.00 bits per heavy atom. The van der Waals surface area contributed by atoms with E-state index in [-0.39, 0.29) is 0 Å². The van der Waals surface area contributed by atoms with Crippen LogP contribution in [0.25, 0.3) is 5.69 Å². The number of esters is 2. The highest BCUT2D eigenvalue weighted by Crippen LogP contribution is 2.19. The van der Waals surface area contributed by atoms with Crippen molar-refractivity contribution in [1.29, 1.82) is 0 Å². The van der Waals surface area contributed by atoms with Crippen molar-refractivity contribution in [3.05, 3.63) is 53.9 Å². The van der Waals surface area contributed by atoms with Crippen LogP contribution in [-0.2, 0) is 9.47 Å². The SMILES string of the molecule is COC(=O)c1ccc(C(=O)OC)c(-n2cccc2)c1. The number of nitrogens with zero attached hydrogens (tertiary/aromatic N) is 1. The number of hydrogen-bond acceptors (Lipinski definition) is 4. The van der Waals surface area contributed by atoms with Crippen LogP contribution < -0.4 is 0 Å². The number of rotatable bonds is 3. The topological polar surface area (TPSA) is 57.5 Å². The van der Waals surface area contributed by atoms with E-state index in [2.05, 4.69) is 4.74 Å².